The van der Waals surface area contributed by atoms with E-state index in [1.807, 2.05) is 6.92 Å². The van der Waals surface area contributed by atoms with Crippen molar-refractivity contribution in [2.75, 3.05) is 32.2 Å². The number of pyridine rings is 1. The van der Waals surface area contributed by atoms with E-state index in [0.717, 1.165) is 0 Å². The molecule has 1 aromatic rings. The van der Waals surface area contributed by atoms with Crippen LogP contribution < -0.4 is 9.64 Å². The number of anilines is 1. The monoisotopic (exact) mass is 295 g/mol. The molecule has 0 spiro atoms. The molecule has 1 aliphatic heterocycles. The van der Waals surface area contributed by atoms with Crippen LogP contribution in [-0.2, 0) is 9.53 Å². The van der Waals surface area contributed by atoms with Gasteiger partial charge in [0.2, 0.25) is 11.7 Å². The maximum atomic E-state index is 11.7. The first-order valence-corrected chi connectivity index (χ1v) is 6.50. The van der Waals surface area contributed by atoms with Crippen LogP contribution >= 0.6 is 0 Å². The Kier molecular flexibility index (Phi) is 4.25. The molecule has 0 N–H and O–H groups in total. The summed E-state index contributed by atoms with van der Waals surface area (Å²) in [7, 11) is 2.78. The van der Waals surface area contributed by atoms with Gasteiger partial charge in [-0.05, 0) is 5.92 Å². The normalized spacial score (nSPS) is 21.2. The maximum absolute atomic E-state index is 11.7. The molecular weight excluding hydrogens is 278 g/mol. The number of methoxy groups -OCH3 is 2. The first kappa shape index (κ1) is 15.0. The zero-order valence-corrected chi connectivity index (χ0v) is 12.1. The zero-order valence-electron chi connectivity index (χ0n) is 12.1. The molecule has 2 heterocycles. The van der Waals surface area contributed by atoms with Gasteiger partial charge in [-0.2, -0.15) is 4.98 Å². The van der Waals surface area contributed by atoms with Crippen molar-refractivity contribution in [2.45, 2.75) is 6.92 Å². The topological polar surface area (TPSA) is 94.8 Å². The Hall–Kier alpha value is -2.38. The minimum absolute atomic E-state index is 0.0325. The lowest BCUT2D eigenvalue weighted by molar-refractivity contribution is -0.384. The second-order valence-corrected chi connectivity index (χ2v) is 4.97. The molecule has 8 nitrogen and oxygen atoms in total. The summed E-state index contributed by atoms with van der Waals surface area (Å²) >= 11 is 0. The van der Waals surface area contributed by atoms with Crippen molar-refractivity contribution in [3.8, 4) is 5.88 Å². The van der Waals surface area contributed by atoms with Gasteiger partial charge in [-0.1, -0.05) is 6.92 Å². The second kappa shape index (κ2) is 5.94. The van der Waals surface area contributed by atoms with E-state index >= 15 is 0 Å². The molecule has 2 rings (SSSR count). The minimum Gasteiger partial charge on any atom is -0.481 e. The molecule has 1 fully saturated rings. The molecule has 1 saturated heterocycles. The lowest BCUT2D eigenvalue weighted by Crippen LogP contribution is -2.25. The third kappa shape index (κ3) is 2.88. The van der Waals surface area contributed by atoms with Gasteiger partial charge in [-0.15, -0.1) is 0 Å². The Morgan fingerprint density at radius 2 is 2.14 bits per heavy atom. The Morgan fingerprint density at radius 1 is 1.43 bits per heavy atom. The van der Waals surface area contributed by atoms with Crippen LogP contribution in [0, 0.1) is 22.0 Å². The van der Waals surface area contributed by atoms with E-state index in [9.17, 15) is 14.9 Å². The molecular formula is C13H17N3O5. The van der Waals surface area contributed by atoms with Gasteiger partial charge in [-0.25, -0.2) is 0 Å². The molecule has 0 aromatic carbocycles. The number of hydrogen-bond acceptors (Lipinski definition) is 7. The number of ether oxygens (including phenoxy) is 2. The second-order valence-electron chi connectivity index (χ2n) is 4.97. The van der Waals surface area contributed by atoms with Crippen LogP contribution in [0.25, 0.3) is 0 Å². The van der Waals surface area contributed by atoms with Gasteiger partial charge in [0.05, 0.1) is 25.1 Å². The molecule has 21 heavy (non-hydrogen) atoms. The first-order chi connectivity index (χ1) is 9.97. The number of carbonyl (C=O) groups excluding carboxylic acids is 1. The van der Waals surface area contributed by atoms with Crippen LogP contribution in [0.4, 0.5) is 11.5 Å². The third-order valence-corrected chi connectivity index (χ3v) is 3.65. The molecule has 0 amide bonds. The molecule has 0 aliphatic carbocycles. The van der Waals surface area contributed by atoms with E-state index < -0.39 is 4.92 Å². The van der Waals surface area contributed by atoms with Gasteiger partial charge in [0, 0.05) is 25.2 Å². The smallest absolute Gasteiger partial charge is 0.311 e. The molecule has 1 aromatic heterocycles. The molecule has 114 valence electrons. The summed E-state index contributed by atoms with van der Waals surface area (Å²) in [5.41, 5.74) is -0.103. The van der Waals surface area contributed by atoms with Crippen LogP contribution in [0.2, 0.25) is 0 Å². The van der Waals surface area contributed by atoms with Gasteiger partial charge in [0.15, 0.2) is 0 Å². The van der Waals surface area contributed by atoms with Gasteiger partial charge < -0.3 is 14.4 Å². The van der Waals surface area contributed by atoms with Crippen LogP contribution in [0.3, 0.4) is 0 Å². The summed E-state index contributed by atoms with van der Waals surface area (Å²) in [6.07, 6.45) is 0. The lowest BCUT2D eigenvalue weighted by Gasteiger charge is -2.17. The lowest BCUT2D eigenvalue weighted by atomic mass is 9.99. The third-order valence-electron chi connectivity index (χ3n) is 3.65. The Balaban J connectivity index is 2.33. The van der Waals surface area contributed by atoms with Crippen LogP contribution in [0.1, 0.15) is 6.92 Å². The van der Waals surface area contributed by atoms with Crippen molar-refractivity contribution in [1.29, 1.82) is 0 Å². The highest BCUT2D eigenvalue weighted by atomic mass is 16.6. The van der Waals surface area contributed by atoms with Crippen molar-refractivity contribution in [2.24, 2.45) is 11.8 Å². The summed E-state index contributed by atoms with van der Waals surface area (Å²) in [4.78, 5) is 28.3. The van der Waals surface area contributed by atoms with Crippen LogP contribution in [0.5, 0.6) is 5.88 Å². The fraction of sp³-hybridized carbons (Fsp3) is 0.538. The standard InChI is InChI=1S/C13H17N3O5/c1-8-6-15(7-9(8)13(17)21-3)12-10(16(18)19)4-5-11(14-12)20-2/h4-5,8-9H,6-7H2,1-3H3. The van der Waals surface area contributed by atoms with Crippen molar-refractivity contribution < 1.29 is 19.2 Å². The van der Waals surface area contributed by atoms with E-state index in [0.29, 0.717) is 19.0 Å². The molecule has 2 unspecified atom stereocenters. The van der Waals surface area contributed by atoms with Crippen molar-refractivity contribution in [3.05, 3.63) is 22.2 Å². The molecule has 1 aliphatic rings. The highest BCUT2D eigenvalue weighted by Gasteiger charge is 2.38. The van der Waals surface area contributed by atoms with Gasteiger partial charge in [0.1, 0.15) is 0 Å². The number of rotatable bonds is 4. The summed E-state index contributed by atoms with van der Waals surface area (Å²) < 4.78 is 9.79. The molecule has 0 saturated carbocycles. The highest BCUT2D eigenvalue weighted by Crippen LogP contribution is 2.34. The largest absolute Gasteiger partial charge is 0.481 e. The zero-order chi connectivity index (χ0) is 15.6. The van der Waals surface area contributed by atoms with Gasteiger partial charge in [0.25, 0.3) is 0 Å². The minimum atomic E-state index is -0.488. The van der Waals surface area contributed by atoms with Crippen molar-refractivity contribution >= 4 is 17.5 Å². The van der Waals surface area contributed by atoms with E-state index in [1.165, 1.54) is 26.4 Å². The SMILES string of the molecule is COC(=O)C1CN(c2nc(OC)ccc2[N+](=O)[O-])CC1C. The molecule has 2 atom stereocenters. The number of nitro groups is 1. The fourth-order valence-electron chi connectivity index (χ4n) is 2.51. The predicted molar refractivity (Wildman–Crippen MR) is 74.3 cm³/mol. The maximum Gasteiger partial charge on any atom is 0.311 e. The van der Waals surface area contributed by atoms with E-state index in [1.54, 1.807) is 4.90 Å². The first-order valence-electron chi connectivity index (χ1n) is 6.50. The summed E-state index contributed by atoms with van der Waals surface area (Å²) in [5, 5.41) is 11.1. The number of esters is 1. The number of carbonyl (C=O) groups is 1. The Morgan fingerprint density at radius 3 is 2.71 bits per heavy atom. The average Bonchev–Trinajstić information content (AvgIpc) is 2.87. The number of aromatic nitrogens is 1. The van der Waals surface area contributed by atoms with Crippen LogP contribution in [-0.4, -0.2) is 43.2 Å². The van der Waals surface area contributed by atoms with E-state index in [4.69, 9.17) is 9.47 Å². The highest BCUT2D eigenvalue weighted by molar-refractivity contribution is 5.75. The summed E-state index contributed by atoms with van der Waals surface area (Å²) in [6.45, 7) is 2.75. The quantitative estimate of drug-likeness (QED) is 0.468. The van der Waals surface area contributed by atoms with E-state index in [2.05, 4.69) is 4.98 Å². The summed E-state index contributed by atoms with van der Waals surface area (Å²) in [6, 6.07) is 2.80. The predicted octanol–water partition coefficient (Wildman–Crippen LogP) is 1.24. The van der Waals surface area contributed by atoms with Crippen molar-refractivity contribution in [3.63, 3.8) is 0 Å². The molecule has 0 radical (unpaired) electrons. The summed E-state index contributed by atoms with van der Waals surface area (Å²) in [5.74, 6) is -0.0782. The Labute approximate surface area is 121 Å². The van der Waals surface area contributed by atoms with Crippen molar-refractivity contribution in [1.82, 2.24) is 4.98 Å². The fourth-order valence-corrected chi connectivity index (χ4v) is 2.51. The number of hydrogen-bond donors (Lipinski definition) is 0. The van der Waals surface area contributed by atoms with Gasteiger partial charge in [-0.3, -0.25) is 14.9 Å². The Bertz CT molecular complexity index is 563. The van der Waals surface area contributed by atoms with Crippen LogP contribution in [0.15, 0.2) is 12.1 Å². The number of nitrogens with zero attached hydrogens (tertiary/aromatic N) is 3. The van der Waals surface area contributed by atoms with E-state index in [-0.39, 0.29) is 29.3 Å². The van der Waals surface area contributed by atoms with Gasteiger partial charge >= 0.3 is 11.7 Å². The molecule has 8 heteroatoms. The average molecular weight is 295 g/mol. The molecule has 0 bridgehead atoms.